The standard InChI is InChI=1S/C17H27N3OS/c1-17(18)10-6-5-7-12(17)16(21)20(2)11-15-19-13-8-3-4-9-14(13)22-15/h12H,3-11,18H2,1-2H3. The van der Waals surface area contributed by atoms with E-state index in [2.05, 4.69) is 0 Å². The largest absolute Gasteiger partial charge is 0.339 e. The van der Waals surface area contributed by atoms with Gasteiger partial charge in [0.15, 0.2) is 0 Å². The van der Waals surface area contributed by atoms with Crippen LogP contribution in [0.5, 0.6) is 0 Å². The van der Waals surface area contributed by atoms with E-state index in [0.717, 1.165) is 43.5 Å². The molecule has 2 aliphatic rings. The summed E-state index contributed by atoms with van der Waals surface area (Å²) in [7, 11) is 1.90. The Hall–Kier alpha value is -0.940. The molecule has 2 N–H and O–H groups in total. The van der Waals surface area contributed by atoms with Crippen molar-refractivity contribution in [2.24, 2.45) is 11.7 Å². The molecule has 0 saturated heterocycles. The number of nitrogens with zero attached hydrogens (tertiary/aromatic N) is 2. The zero-order valence-corrected chi connectivity index (χ0v) is 14.5. The van der Waals surface area contributed by atoms with Gasteiger partial charge in [-0.1, -0.05) is 12.8 Å². The third-order valence-electron chi connectivity index (χ3n) is 5.19. The Bertz CT molecular complexity index is 529. The Kier molecular flexibility index (Phi) is 4.55. The van der Waals surface area contributed by atoms with Crippen LogP contribution in [0.3, 0.4) is 0 Å². The van der Waals surface area contributed by atoms with Crippen molar-refractivity contribution in [3.05, 3.63) is 15.6 Å². The van der Waals surface area contributed by atoms with E-state index in [1.54, 1.807) is 11.3 Å². The molecule has 22 heavy (non-hydrogen) atoms. The fraction of sp³-hybridized carbons (Fsp3) is 0.765. The monoisotopic (exact) mass is 321 g/mol. The molecule has 1 saturated carbocycles. The van der Waals surface area contributed by atoms with E-state index in [9.17, 15) is 4.79 Å². The summed E-state index contributed by atoms with van der Waals surface area (Å²) < 4.78 is 0. The van der Waals surface area contributed by atoms with Gasteiger partial charge in [0.2, 0.25) is 5.91 Å². The van der Waals surface area contributed by atoms with Gasteiger partial charge >= 0.3 is 0 Å². The van der Waals surface area contributed by atoms with Crippen molar-refractivity contribution in [2.75, 3.05) is 7.05 Å². The molecule has 1 aromatic rings. The molecule has 122 valence electrons. The first-order valence-electron chi connectivity index (χ1n) is 8.49. The van der Waals surface area contributed by atoms with Gasteiger partial charge in [-0.3, -0.25) is 4.79 Å². The van der Waals surface area contributed by atoms with Gasteiger partial charge in [-0.15, -0.1) is 11.3 Å². The van der Waals surface area contributed by atoms with Crippen LogP contribution in [0.15, 0.2) is 0 Å². The molecule has 2 atom stereocenters. The summed E-state index contributed by atoms with van der Waals surface area (Å²) in [5, 5.41) is 1.08. The number of carbonyl (C=O) groups excluding carboxylic acids is 1. The van der Waals surface area contributed by atoms with Gasteiger partial charge in [-0.25, -0.2) is 4.98 Å². The van der Waals surface area contributed by atoms with Gasteiger partial charge < -0.3 is 10.6 Å². The van der Waals surface area contributed by atoms with Crippen LogP contribution in [0.25, 0.3) is 0 Å². The van der Waals surface area contributed by atoms with E-state index >= 15 is 0 Å². The summed E-state index contributed by atoms with van der Waals surface area (Å²) >= 11 is 1.79. The molecule has 1 amide bonds. The minimum Gasteiger partial charge on any atom is -0.339 e. The second kappa shape index (κ2) is 6.28. The lowest BCUT2D eigenvalue weighted by atomic mass is 9.74. The van der Waals surface area contributed by atoms with Crippen LogP contribution in [0.1, 0.15) is 61.0 Å². The van der Waals surface area contributed by atoms with Crippen molar-refractivity contribution in [2.45, 2.75) is 70.4 Å². The van der Waals surface area contributed by atoms with Crippen molar-refractivity contribution in [3.8, 4) is 0 Å². The topological polar surface area (TPSA) is 59.2 Å². The van der Waals surface area contributed by atoms with Gasteiger partial charge in [0.05, 0.1) is 18.2 Å². The minimum absolute atomic E-state index is 0.0409. The first-order chi connectivity index (χ1) is 10.5. The Labute approximate surface area is 137 Å². The van der Waals surface area contributed by atoms with Gasteiger partial charge in [-0.05, 0) is 45.4 Å². The van der Waals surface area contributed by atoms with Crippen LogP contribution in [0, 0.1) is 5.92 Å². The Balaban J connectivity index is 1.67. The SMILES string of the molecule is CN(Cc1nc2c(s1)CCCC2)C(=O)C1CCCCC1(C)N. The van der Waals surface area contributed by atoms with Crippen LogP contribution >= 0.6 is 11.3 Å². The average Bonchev–Trinajstić information content (AvgIpc) is 2.88. The number of aryl methyl sites for hydroxylation is 2. The Morgan fingerprint density at radius 2 is 2.14 bits per heavy atom. The zero-order valence-electron chi connectivity index (χ0n) is 13.7. The van der Waals surface area contributed by atoms with Crippen molar-refractivity contribution < 1.29 is 4.79 Å². The van der Waals surface area contributed by atoms with Gasteiger partial charge in [0, 0.05) is 17.5 Å². The molecular formula is C17H27N3OS. The molecule has 2 aliphatic carbocycles. The summed E-state index contributed by atoms with van der Waals surface area (Å²) in [6.45, 7) is 2.66. The van der Waals surface area contributed by atoms with E-state index in [1.165, 1.54) is 23.4 Å². The van der Waals surface area contributed by atoms with E-state index in [0.29, 0.717) is 6.54 Å². The number of rotatable bonds is 3. The van der Waals surface area contributed by atoms with Gasteiger partial charge in [-0.2, -0.15) is 0 Å². The summed E-state index contributed by atoms with van der Waals surface area (Å²) in [5.41, 5.74) is 7.29. The number of amides is 1. The molecular weight excluding hydrogens is 294 g/mol. The van der Waals surface area contributed by atoms with Crippen LogP contribution in [-0.4, -0.2) is 28.4 Å². The maximum Gasteiger partial charge on any atom is 0.227 e. The minimum atomic E-state index is -0.355. The highest BCUT2D eigenvalue weighted by atomic mass is 32.1. The molecule has 1 heterocycles. The molecule has 0 aromatic carbocycles. The lowest BCUT2D eigenvalue weighted by molar-refractivity contribution is -0.138. The van der Waals surface area contributed by atoms with Crippen molar-refractivity contribution in [1.29, 1.82) is 0 Å². The van der Waals surface area contributed by atoms with Crippen LogP contribution in [-0.2, 0) is 24.2 Å². The van der Waals surface area contributed by atoms with Crippen molar-refractivity contribution in [3.63, 3.8) is 0 Å². The Morgan fingerprint density at radius 1 is 1.36 bits per heavy atom. The molecule has 0 spiro atoms. The molecule has 0 aliphatic heterocycles. The summed E-state index contributed by atoms with van der Waals surface area (Å²) in [5.74, 6) is 0.152. The third kappa shape index (κ3) is 3.20. The molecule has 0 radical (unpaired) electrons. The maximum absolute atomic E-state index is 12.8. The molecule has 5 heteroatoms. The first kappa shape index (κ1) is 15.9. The quantitative estimate of drug-likeness (QED) is 0.931. The summed E-state index contributed by atoms with van der Waals surface area (Å²) in [6.07, 6.45) is 8.91. The highest BCUT2D eigenvalue weighted by Gasteiger charge is 2.39. The van der Waals surface area contributed by atoms with E-state index in [1.807, 2.05) is 18.9 Å². The lowest BCUT2D eigenvalue weighted by Gasteiger charge is -2.39. The second-order valence-corrected chi connectivity index (χ2v) is 8.35. The predicted octanol–water partition coefficient (Wildman–Crippen LogP) is 2.89. The second-order valence-electron chi connectivity index (χ2n) is 7.18. The average molecular weight is 321 g/mol. The number of thiazole rings is 1. The third-order valence-corrected chi connectivity index (χ3v) is 6.33. The maximum atomic E-state index is 12.8. The normalized spacial score (nSPS) is 28.2. The van der Waals surface area contributed by atoms with E-state index < -0.39 is 0 Å². The number of fused-ring (bicyclic) bond motifs is 1. The zero-order chi connectivity index (χ0) is 15.7. The number of nitrogens with two attached hydrogens (primary N) is 1. The first-order valence-corrected chi connectivity index (χ1v) is 9.30. The number of hydrogen-bond acceptors (Lipinski definition) is 4. The fourth-order valence-electron chi connectivity index (χ4n) is 3.78. The van der Waals surface area contributed by atoms with Crippen LogP contribution in [0.4, 0.5) is 0 Å². The van der Waals surface area contributed by atoms with Crippen LogP contribution in [0.2, 0.25) is 0 Å². The summed E-state index contributed by atoms with van der Waals surface area (Å²) in [6, 6.07) is 0. The van der Waals surface area contributed by atoms with Crippen molar-refractivity contribution in [1.82, 2.24) is 9.88 Å². The Morgan fingerprint density at radius 3 is 2.86 bits per heavy atom. The predicted molar refractivity (Wildman–Crippen MR) is 89.8 cm³/mol. The number of aromatic nitrogens is 1. The fourth-order valence-corrected chi connectivity index (χ4v) is 4.99. The molecule has 1 aromatic heterocycles. The lowest BCUT2D eigenvalue weighted by Crippen LogP contribution is -2.53. The molecule has 2 unspecified atom stereocenters. The highest BCUT2D eigenvalue weighted by Crippen LogP contribution is 2.33. The summed E-state index contributed by atoms with van der Waals surface area (Å²) in [4.78, 5) is 20.8. The van der Waals surface area contributed by atoms with Gasteiger partial charge in [0.25, 0.3) is 0 Å². The number of hydrogen-bond donors (Lipinski definition) is 1. The molecule has 4 nitrogen and oxygen atoms in total. The molecule has 1 fully saturated rings. The van der Waals surface area contributed by atoms with E-state index in [-0.39, 0.29) is 17.4 Å². The molecule has 0 bridgehead atoms. The van der Waals surface area contributed by atoms with Gasteiger partial charge in [0.1, 0.15) is 5.01 Å². The van der Waals surface area contributed by atoms with E-state index in [4.69, 9.17) is 10.7 Å². The van der Waals surface area contributed by atoms with Crippen LogP contribution < -0.4 is 5.73 Å². The highest BCUT2D eigenvalue weighted by molar-refractivity contribution is 7.11. The van der Waals surface area contributed by atoms with Crippen molar-refractivity contribution >= 4 is 17.2 Å². The molecule has 3 rings (SSSR count). The smallest absolute Gasteiger partial charge is 0.227 e. The number of carbonyl (C=O) groups is 1.